The summed E-state index contributed by atoms with van der Waals surface area (Å²) in [4.78, 5) is 12.9. The van der Waals surface area contributed by atoms with Gasteiger partial charge in [0.2, 0.25) is 0 Å². The van der Waals surface area contributed by atoms with Crippen molar-refractivity contribution in [3.8, 4) is 0 Å². The predicted molar refractivity (Wildman–Crippen MR) is 89.4 cm³/mol. The maximum atomic E-state index is 10.8. The Bertz CT molecular complexity index is 500. The van der Waals surface area contributed by atoms with Crippen LogP contribution in [0.3, 0.4) is 0 Å². The van der Waals surface area contributed by atoms with Gasteiger partial charge >= 0.3 is 0 Å². The van der Waals surface area contributed by atoms with Crippen LogP contribution in [0.25, 0.3) is 0 Å². The number of hydrogen-bond donors (Lipinski definition) is 1. The fourth-order valence-corrected chi connectivity index (χ4v) is 2.98. The second kappa shape index (κ2) is 7.90. The number of piperidine rings is 1. The van der Waals surface area contributed by atoms with E-state index in [9.17, 15) is 10.1 Å². The van der Waals surface area contributed by atoms with Crippen LogP contribution in [0, 0.1) is 16.0 Å². The lowest BCUT2D eigenvalue weighted by atomic mass is 10.0. The molecule has 1 aromatic carbocycles. The van der Waals surface area contributed by atoms with Gasteiger partial charge in [0.15, 0.2) is 0 Å². The van der Waals surface area contributed by atoms with Gasteiger partial charge in [0.1, 0.15) is 0 Å². The van der Waals surface area contributed by atoms with Gasteiger partial charge in [0, 0.05) is 24.7 Å². The summed E-state index contributed by atoms with van der Waals surface area (Å²) in [5.41, 5.74) is 1.22. The highest BCUT2D eigenvalue weighted by Crippen LogP contribution is 2.28. The van der Waals surface area contributed by atoms with E-state index in [1.54, 1.807) is 18.2 Å². The van der Waals surface area contributed by atoms with Crippen molar-refractivity contribution in [2.24, 2.45) is 5.92 Å². The summed E-state index contributed by atoms with van der Waals surface area (Å²) in [5.74, 6) is 0.938. The molecule has 5 nitrogen and oxygen atoms in total. The minimum Gasteiger partial charge on any atom is -0.314 e. The fraction of sp³-hybridized carbons (Fsp3) is 0.625. The van der Waals surface area contributed by atoms with Crippen molar-refractivity contribution < 1.29 is 4.92 Å². The minimum atomic E-state index is -0.322. The van der Waals surface area contributed by atoms with E-state index in [-0.39, 0.29) is 23.0 Å². The lowest BCUT2D eigenvalue weighted by Crippen LogP contribution is -2.42. The highest BCUT2D eigenvalue weighted by atomic mass is 35.5. The maximum Gasteiger partial charge on any atom is 0.269 e. The Kier molecular flexibility index (Phi) is 6.17. The highest BCUT2D eigenvalue weighted by molar-refractivity contribution is 5.85. The molecule has 1 saturated carbocycles. The first kappa shape index (κ1) is 17.2. The molecule has 0 spiro atoms. The van der Waals surface area contributed by atoms with Crippen molar-refractivity contribution >= 4 is 18.1 Å². The van der Waals surface area contributed by atoms with E-state index in [0.29, 0.717) is 6.04 Å². The molecular formula is C16H24ClN3O2. The molecule has 0 aromatic heterocycles. The summed E-state index contributed by atoms with van der Waals surface area (Å²) in [5, 5.41) is 14.5. The van der Waals surface area contributed by atoms with Crippen molar-refractivity contribution in [2.45, 2.75) is 38.3 Å². The minimum absolute atomic E-state index is 0. The van der Waals surface area contributed by atoms with E-state index < -0.39 is 0 Å². The van der Waals surface area contributed by atoms with Crippen molar-refractivity contribution in [1.29, 1.82) is 0 Å². The number of rotatable bonds is 6. The Morgan fingerprint density at radius 2 is 1.95 bits per heavy atom. The van der Waals surface area contributed by atoms with E-state index in [1.807, 2.05) is 6.07 Å². The number of nitrogens with zero attached hydrogens (tertiary/aromatic N) is 2. The normalized spacial score (nSPS) is 19.6. The number of likely N-dealkylation sites (tertiary alicyclic amines) is 1. The Hall–Kier alpha value is -1.17. The number of nitro groups is 1. The van der Waals surface area contributed by atoms with Gasteiger partial charge in [-0.25, -0.2) is 0 Å². The number of benzene rings is 1. The molecule has 0 bridgehead atoms. The van der Waals surface area contributed by atoms with E-state index in [0.717, 1.165) is 31.1 Å². The van der Waals surface area contributed by atoms with E-state index in [1.165, 1.54) is 32.2 Å². The summed E-state index contributed by atoms with van der Waals surface area (Å²) < 4.78 is 0. The number of nitrogens with one attached hydrogen (secondary N) is 1. The number of hydrogen-bond acceptors (Lipinski definition) is 4. The van der Waals surface area contributed by atoms with Crippen molar-refractivity contribution in [1.82, 2.24) is 10.2 Å². The van der Waals surface area contributed by atoms with Gasteiger partial charge in [-0.05, 0) is 56.8 Å². The van der Waals surface area contributed by atoms with Gasteiger partial charge in [-0.3, -0.25) is 15.0 Å². The van der Waals surface area contributed by atoms with E-state index in [4.69, 9.17) is 0 Å². The van der Waals surface area contributed by atoms with Gasteiger partial charge < -0.3 is 5.32 Å². The zero-order chi connectivity index (χ0) is 14.7. The van der Waals surface area contributed by atoms with Crippen LogP contribution in [-0.2, 0) is 6.54 Å². The lowest BCUT2D eigenvalue weighted by molar-refractivity contribution is -0.384. The largest absolute Gasteiger partial charge is 0.314 e. The first-order valence-corrected chi connectivity index (χ1v) is 7.90. The molecule has 1 saturated heterocycles. The molecule has 1 N–H and O–H groups in total. The van der Waals surface area contributed by atoms with Gasteiger partial charge in [0.05, 0.1) is 4.92 Å². The second-order valence-electron chi connectivity index (χ2n) is 6.33. The molecular weight excluding hydrogens is 302 g/mol. The average Bonchev–Trinajstić information content (AvgIpc) is 3.31. The van der Waals surface area contributed by atoms with Crippen LogP contribution in [0.5, 0.6) is 0 Å². The van der Waals surface area contributed by atoms with Crippen LogP contribution in [-0.4, -0.2) is 35.5 Å². The Morgan fingerprint density at radius 1 is 1.23 bits per heavy atom. The van der Waals surface area contributed by atoms with Crippen LogP contribution in [0.2, 0.25) is 0 Å². The second-order valence-corrected chi connectivity index (χ2v) is 6.33. The lowest BCUT2D eigenvalue weighted by Gasteiger charge is -2.32. The van der Waals surface area contributed by atoms with Crippen molar-refractivity contribution in [3.63, 3.8) is 0 Å². The first-order chi connectivity index (χ1) is 10.2. The number of non-ortho nitro benzene ring substituents is 1. The van der Waals surface area contributed by atoms with Crippen molar-refractivity contribution in [2.75, 3.05) is 19.6 Å². The standard InChI is InChI=1S/C16H23N3O2.ClH/c20-19(21)16-3-1-2-14(10-16)12-18-8-6-15(7-9-18)17-11-13-4-5-13;/h1-3,10,13,15,17H,4-9,11-12H2;1H. The third kappa shape index (κ3) is 4.93. The molecule has 6 heteroatoms. The third-order valence-electron chi connectivity index (χ3n) is 4.51. The number of nitro benzene ring substituents is 1. The average molecular weight is 326 g/mol. The topological polar surface area (TPSA) is 58.4 Å². The molecule has 0 unspecified atom stereocenters. The third-order valence-corrected chi connectivity index (χ3v) is 4.51. The molecule has 1 aliphatic heterocycles. The molecule has 1 heterocycles. The summed E-state index contributed by atoms with van der Waals surface area (Å²) in [6.07, 6.45) is 5.17. The zero-order valence-electron chi connectivity index (χ0n) is 12.7. The van der Waals surface area contributed by atoms with Crippen LogP contribution in [0.4, 0.5) is 5.69 Å². The Balaban J connectivity index is 0.00000176. The molecule has 22 heavy (non-hydrogen) atoms. The van der Waals surface area contributed by atoms with E-state index >= 15 is 0 Å². The summed E-state index contributed by atoms with van der Waals surface area (Å²) in [6, 6.07) is 7.66. The molecule has 1 aliphatic carbocycles. The van der Waals surface area contributed by atoms with Crippen LogP contribution in [0.1, 0.15) is 31.2 Å². The SMILES string of the molecule is Cl.O=[N+]([O-])c1cccc(CN2CCC(NCC3CC3)CC2)c1. The smallest absolute Gasteiger partial charge is 0.269 e. The summed E-state index contributed by atoms with van der Waals surface area (Å²) in [7, 11) is 0. The molecule has 122 valence electrons. The summed E-state index contributed by atoms with van der Waals surface area (Å²) in [6.45, 7) is 4.16. The molecule has 2 aliphatic rings. The first-order valence-electron chi connectivity index (χ1n) is 7.90. The fourth-order valence-electron chi connectivity index (χ4n) is 2.98. The van der Waals surface area contributed by atoms with Crippen LogP contribution >= 0.6 is 12.4 Å². The van der Waals surface area contributed by atoms with Crippen molar-refractivity contribution in [3.05, 3.63) is 39.9 Å². The monoisotopic (exact) mass is 325 g/mol. The molecule has 2 fully saturated rings. The zero-order valence-corrected chi connectivity index (χ0v) is 13.6. The number of halogens is 1. The van der Waals surface area contributed by atoms with Gasteiger partial charge in [-0.2, -0.15) is 0 Å². The van der Waals surface area contributed by atoms with Gasteiger partial charge in [-0.15, -0.1) is 12.4 Å². The summed E-state index contributed by atoms with van der Waals surface area (Å²) >= 11 is 0. The van der Waals surface area contributed by atoms with Crippen LogP contribution in [0.15, 0.2) is 24.3 Å². The Morgan fingerprint density at radius 3 is 2.59 bits per heavy atom. The van der Waals surface area contributed by atoms with E-state index in [2.05, 4.69) is 10.2 Å². The molecule has 3 rings (SSSR count). The van der Waals surface area contributed by atoms with Crippen LogP contribution < -0.4 is 5.32 Å². The predicted octanol–water partition coefficient (Wildman–Crippen LogP) is 2.98. The quantitative estimate of drug-likeness (QED) is 0.645. The molecule has 0 atom stereocenters. The molecule has 1 aromatic rings. The maximum absolute atomic E-state index is 10.8. The Labute approximate surface area is 137 Å². The van der Waals surface area contributed by atoms with Gasteiger partial charge in [0.25, 0.3) is 5.69 Å². The highest BCUT2D eigenvalue weighted by Gasteiger charge is 2.24. The molecule has 0 radical (unpaired) electrons. The van der Waals surface area contributed by atoms with Gasteiger partial charge in [-0.1, -0.05) is 12.1 Å². The molecule has 0 amide bonds.